The first-order valence-corrected chi connectivity index (χ1v) is 14.5. The molecule has 1 heterocycles. The molecular weight excluding hydrogens is 464 g/mol. The van der Waals surface area contributed by atoms with Gasteiger partial charge >= 0.3 is 11.9 Å². The number of imidazole rings is 1. The lowest BCUT2D eigenvalue weighted by atomic mass is 9.75. The number of hydrogen-bond donors (Lipinski definition) is 0. The van der Waals surface area contributed by atoms with E-state index in [-0.39, 0.29) is 37.2 Å². The molecule has 2 aromatic rings. The van der Waals surface area contributed by atoms with Crippen molar-refractivity contribution in [1.82, 2.24) is 4.57 Å². The number of carbonyl (C=O) groups excluding carboxylic acids is 2. The molecule has 1 aromatic heterocycles. The van der Waals surface area contributed by atoms with Gasteiger partial charge in [0.1, 0.15) is 12.2 Å². The minimum atomic E-state index is -0.212. The van der Waals surface area contributed by atoms with E-state index in [9.17, 15) is 9.59 Å². The molecule has 0 aliphatic heterocycles. The second kappa shape index (κ2) is 12.0. The maximum atomic E-state index is 13.1. The molecule has 0 N–H and O–H groups in total. The van der Waals surface area contributed by atoms with Crippen LogP contribution in [0.15, 0.2) is 30.6 Å². The third-order valence-electron chi connectivity index (χ3n) is 8.87. The minimum absolute atomic E-state index is 0.0213. The number of ether oxygens (including phenoxy) is 2. The van der Waals surface area contributed by atoms with Gasteiger partial charge in [0.15, 0.2) is 24.1 Å². The lowest BCUT2D eigenvalue weighted by Gasteiger charge is -2.36. The molecule has 4 rings (SSSR count). The van der Waals surface area contributed by atoms with Crippen LogP contribution in [-0.2, 0) is 32.2 Å². The summed E-state index contributed by atoms with van der Waals surface area (Å²) in [6.45, 7) is 13.6. The average Bonchev–Trinajstić information content (AvgIpc) is 3.15. The Morgan fingerprint density at radius 2 is 1.41 bits per heavy atom. The van der Waals surface area contributed by atoms with E-state index in [4.69, 9.17) is 9.47 Å². The summed E-state index contributed by atoms with van der Waals surface area (Å²) in [5.74, 6) is 2.55. The van der Waals surface area contributed by atoms with Crippen LogP contribution < -0.4 is 4.57 Å². The molecule has 2 aliphatic carbocycles. The van der Waals surface area contributed by atoms with E-state index in [1.165, 1.54) is 12.8 Å². The number of esters is 2. The lowest BCUT2D eigenvalue weighted by molar-refractivity contribution is -0.661. The Balaban J connectivity index is 1.45. The van der Waals surface area contributed by atoms with Crippen LogP contribution in [0, 0.1) is 35.5 Å². The van der Waals surface area contributed by atoms with E-state index < -0.39 is 0 Å². The molecule has 204 valence electrons. The highest BCUT2D eigenvalue weighted by Crippen LogP contribution is 2.36. The molecule has 6 nitrogen and oxygen atoms in total. The normalized spacial score (nSPS) is 28.5. The molecule has 6 atom stereocenters. The number of carbonyl (C=O) groups is 2. The molecule has 0 amide bonds. The zero-order chi connectivity index (χ0) is 26.7. The first kappa shape index (κ1) is 27.7. The van der Waals surface area contributed by atoms with Gasteiger partial charge in [-0.05, 0) is 73.3 Å². The number of rotatable bonds is 8. The van der Waals surface area contributed by atoms with Gasteiger partial charge in [-0.15, -0.1) is 0 Å². The predicted octanol–water partition coefficient (Wildman–Crippen LogP) is 5.94. The van der Waals surface area contributed by atoms with Gasteiger partial charge in [-0.2, -0.15) is 0 Å². The summed E-state index contributed by atoms with van der Waals surface area (Å²) < 4.78 is 15.9. The first-order chi connectivity index (χ1) is 17.6. The van der Waals surface area contributed by atoms with Crippen molar-refractivity contribution in [1.29, 1.82) is 0 Å². The Morgan fingerprint density at radius 3 is 1.97 bits per heavy atom. The fourth-order valence-electron chi connectivity index (χ4n) is 6.69. The van der Waals surface area contributed by atoms with Gasteiger partial charge < -0.3 is 9.47 Å². The van der Waals surface area contributed by atoms with Gasteiger partial charge in [-0.3, -0.25) is 0 Å². The summed E-state index contributed by atoms with van der Waals surface area (Å²) in [5, 5.41) is 0. The van der Waals surface area contributed by atoms with Gasteiger partial charge in [0.05, 0.1) is 0 Å². The summed E-state index contributed by atoms with van der Waals surface area (Å²) in [6, 6.07) is 7.89. The highest BCUT2D eigenvalue weighted by Gasteiger charge is 2.35. The van der Waals surface area contributed by atoms with Gasteiger partial charge in [-0.1, -0.05) is 66.5 Å². The Kier molecular flexibility index (Phi) is 8.97. The predicted molar refractivity (Wildman–Crippen MR) is 145 cm³/mol. The zero-order valence-corrected chi connectivity index (χ0v) is 23.7. The molecular formula is C31H47N2O4+. The van der Waals surface area contributed by atoms with Crippen molar-refractivity contribution in [2.24, 2.45) is 35.5 Å². The van der Waals surface area contributed by atoms with Gasteiger partial charge in [0, 0.05) is 0 Å². The summed E-state index contributed by atoms with van der Waals surface area (Å²) in [6.07, 6.45) is 8.32. The average molecular weight is 512 g/mol. The van der Waals surface area contributed by atoms with Crippen molar-refractivity contribution in [2.75, 3.05) is 0 Å². The molecule has 6 heteroatoms. The largest absolute Gasteiger partial charge is 0.459 e. The van der Waals surface area contributed by atoms with Crippen LogP contribution in [0.2, 0.25) is 0 Å². The smallest absolute Gasteiger partial charge is 0.348 e. The molecule has 0 unspecified atom stereocenters. The van der Waals surface area contributed by atoms with E-state index in [0.29, 0.717) is 35.5 Å². The van der Waals surface area contributed by atoms with Crippen LogP contribution >= 0.6 is 0 Å². The monoisotopic (exact) mass is 511 g/mol. The van der Waals surface area contributed by atoms with E-state index in [2.05, 4.69) is 41.5 Å². The standard InChI is InChI=1S/C31H47N2O4/c1-20(2)24-13-11-22(5)15-28(24)36-30(34)17-32-19-33(27-10-8-7-9-26(27)32)18-31(35)37-29-16-23(6)12-14-25(29)21(3)4/h7-10,19-25,28-29H,11-18H2,1-6H3/q+1/t22-,23-,24+,25+,28-,29+/m0/s1. The SMILES string of the molecule is CC(C)[C@H]1CC[C@H](C)C[C@@H]1OC(=O)Cn1c[n+](CC(=O)O[C@@H]2C[C@@H](C)CC[C@@H]2C(C)C)c2ccccc21. The van der Waals surface area contributed by atoms with E-state index in [1.807, 2.05) is 39.7 Å². The van der Waals surface area contributed by atoms with Crippen molar-refractivity contribution in [3.63, 3.8) is 0 Å². The summed E-state index contributed by atoms with van der Waals surface area (Å²) in [4.78, 5) is 26.2. The van der Waals surface area contributed by atoms with Crippen LogP contribution in [0.25, 0.3) is 11.0 Å². The van der Waals surface area contributed by atoms with Crippen molar-refractivity contribution < 1.29 is 23.6 Å². The number of benzene rings is 1. The molecule has 2 saturated carbocycles. The van der Waals surface area contributed by atoms with Crippen LogP contribution in [0.3, 0.4) is 0 Å². The van der Waals surface area contributed by atoms with E-state index in [1.54, 1.807) is 0 Å². The number of aromatic nitrogens is 2. The highest BCUT2D eigenvalue weighted by molar-refractivity contribution is 5.76. The fraction of sp³-hybridized carbons (Fsp3) is 0.710. The zero-order valence-electron chi connectivity index (χ0n) is 23.7. The Hall–Kier alpha value is -2.37. The summed E-state index contributed by atoms with van der Waals surface area (Å²) in [7, 11) is 0. The maximum absolute atomic E-state index is 13.1. The quantitative estimate of drug-likeness (QED) is 0.325. The molecule has 1 aromatic carbocycles. The lowest BCUT2D eigenvalue weighted by Crippen LogP contribution is -2.42. The van der Waals surface area contributed by atoms with E-state index >= 15 is 0 Å². The molecule has 0 saturated heterocycles. The fourth-order valence-corrected chi connectivity index (χ4v) is 6.69. The van der Waals surface area contributed by atoms with Crippen LogP contribution in [0.5, 0.6) is 0 Å². The molecule has 2 aliphatic rings. The molecule has 0 radical (unpaired) electrons. The topological polar surface area (TPSA) is 61.4 Å². The Labute approximate surface area is 222 Å². The van der Waals surface area contributed by atoms with E-state index in [0.717, 1.165) is 36.7 Å². The van der Waals surface area contributed by atoms with Gasteiger partial charge in [-0.25, -0.2) is 18.7 Å². The molecule has 0 spiro atoms. The third kappa shape index (κ3) is 6.74. The summed E-state index contributed by atoms with van der Waals surface area (Å²) in [5.41, 5.74) is 1.83. The van der Waals surface area contributed by atoms with Crippen LogP contribution in [0.4, 0.5) is 0 Å². The number of hydrogen-bond acceptors (Lipinski definition) is 4. The van der Waals surface area contributed by atoms with Crippen molar-refractivity contribution in [3.05, 3.63) is 30.6 Å². The van der Waals surface area contributed by atoms with Gasteiger partial charge in [0.25, 0.3) is 0 Å². The van der Waals surface area contributed by atoms with Crippen molar-refractivity contribution >= 4 is 23.0 Å². The highest BCUT2D eigenvalue weighted by atomic mass is 16.5. The van der Waals surface area contributed by atoms with Crippen molar-refractivity contribution in [3.8, 4) is 0 Å². The Morgan fingerprint density at radius 1 is 0.865 bits per heavy atom. The van der Waals surface area contributed by atoms with Crippen LogP contribution in [-0.4, -0.2) is 28.7 Å². The molecule has 0 bridgehead atoms. The van der Waals surface area contributed by atoms with Crippen molar-refractivity contribution in [2.45, 2.75) is 105 Å². The van der Waals surface area contributed by atoms with Gasteiger partial charge in [0.2, 0.25) is 6.33 Å². The number of nitrogens with zero attached hydrogens (tertiary/aromatic N) is 2. The second-order valence-corrected chi connectivity index (χ2v) is 12.6. The number of para-hydroxylation sites is 2. The first-order valence-electron chi connectivity index (χ1n) is 14.5. The second-order valence-electron chi connectivity index (χ2n) is 12.6. The third-order valence-corrected chi connectivity index (χ3v) is 8.87. The maximum Gasteiger partial charge on any atom is 0.348 e. The molecule has 37 heavy (non-hydrogen) atoms. The molecule has 2 fully saturated rings. The Bertz CT molecular complexity index is 992. The van der Waals surface area contributed by atoms with Crippen LogP contribution in [0.1, 0.15) is 80.1 Å². The summed E-state index contributed by atoms with van der Waals surface area (Å²) >= 11 is 0. The number of fused-ring (bicyclic) bond motifs is 1. The minimum Gasteiger partial charge on any atom is -0.459 e.